The van der Waals surface area contributed by atoms with Crippen molar-refractivity contribution in [2.45, 2.75) is 38.8 Å². The molecule has 1 heterocycles. The monoisotopic (exact) mass is 171 g/mol. The number of ketones is 1. The van der Waals surface area contributed by atoms with Crippen LogP contribution in [0.15, 0.2) is 0 Å². The van der Waals surface area contributed by atoms with Gasteiger partial charge in [0.1, 0.15) is 5.78 Å². The van der Waals surface area contributed by atoms with Gasteiger partial charge in [-0.2, -0.15) is 0 Å². The van der Waals surface area contributed by atoms with E-state index in [2.05, 4.69) is 19.2 Å². The van der Waals surface area contributed by atoms with E-state index in [4.69, 9.17) is 5.11 Å². The SMILES string of the molecule is CC(C)C1CC(=O)CC(CO)N1. The summed E-state index contributed by atoms with van der Waals surface area (Å²) < 4.78 is 0. The average Bonchev–Trinajstić information content (AvgIpc) is 2.03. The Labute approximate surface area is 73.2 Å². The molecule has 70 valence electrons. The maximum Gasteiger partial charge on any atom is 0.136 e. The zero-order valence-corrected chi connectivity index (χ0v) is 7.71. The number of hydrogen-bond donors (Lipinski definition) is 2. The maximum absolute atomic E-state index is 11.2. The maximum atomic E-state index is 11.2. The Morgan fingerprint density at radius 3 is 2.75 bits per heavy atom. The van der Waals surface area contributed by atoms with Gasteiger partial charge in [0.15, 0.2) is 0 Å². The van der Waals surface area contributed by atoms with Crippen LogP contribution in [0, 0.1) is 5.92 Å². The summed E-state index contributed by atoms with van der Waals surface area (Å²) in [4.78, 5) is 11.2. The van der Waals surface area contributed by atoms with Crippen molar-refractivity contribution >= 4 is 5.78 Å². The number of nitrogens with one attached hydrogen (secondary N) is 1. The smallest absolute Gasteiger partial charge is 0.136 e. The Hall–Kier alpha value is -0.410. The topological polar surface area (TPSA) is 49.3 Å². The molecule has 0 bridgehead atoms. The van der Waals surface area contributed by atoms with Gasteiger partial charge >= 0.3 is 0 Å². The molecule has 1 fully saturated rings. The van der Waals surface area contributed by atoms with Crippen molar-refractivity contribution in [3.8, 4) is 0 Å². The van der Waals surface area contributed by atoms with Crippen LogP contribution in [0.3, 0.4) is 0 Å². The largest absolute Gasteiger partial charge is 0.395 e. The van der Waals surface area contributed by atoms with Crippen LogP contribution in [0.2, 0.25) is 0 Å². The fraction of sp³-hybridized carbons (Fsp3) is 0.889. The Kier molecular flexibility index (Phi) is 3.23. The van der Waals surface area contributed by atoms with E-state index in [1.807, 2.05) is 0 Å². The van der Waals surface area contributed by atoms with Gasteiger partial charge < -0.3 is 10.4 Å². The number of carbonyl (C=O) groups excluding carboxylic acids is 1. The zero-order valence-electron chi connectivity index (χ0n) is 7.71. The van der Waals surface area contributed by atoms with E-state index in [9.17, 15) is 4.79 Å². The Morgan fingerprint density at radius 2 is 2.25 bits per heavy atom. The van der Waals surface area contributed by atoms with Crippen molar-refractivity contribution in [1.82, 2.24) is 5.32 Å². The molecule has 0 saturated carbocycles. The first-order chi connectivity index (χ1) is 5.63. The first kappa shape index (κ1) is 9.68. The molecule has 0 amide bonds. The molecule has 0 aromatic carbocycles. The highest BCUT2D eigenvalue weighted by molar-refractivity contribution is 5.80. The van der Waals surface area contributed by atoms with Crippen LogP contribution in [-0.2, 0) is 4.79 Å². The summed E-state index contributed by atoms with van der Waals surface area (Å²) in [6.45, 7) is 4.24. The van der Waals surface area contributed by atoms with E-state index in [0.29, 0.717) is 18.8 Å². The minimum absolute atomic E-state index is 0.0151. The quantitative estimate of drug-likeness (QED) is 0.629. The van der Waals surface area contributed by atoms with Crippen LogP contribution in [0.1, 0.15) is 26.7 Å². The predicted molar refractivity (Wildman–Crippen MR) is 46.9 cm³/mol. The molecule has 0 spiro atoms. The first-order valence-corrected chi connectivity index (χ1v) is 4.52. The number of rotatable bonds is 2. The molecule has 1 aliphatic heterocycles. The van der Waals surface area contributed by atoms with Crippen molar-refractivity contribution in [3.63, 3.8) is 0 Å². The van der Waals surface area contributed by atoms with Gasteiger partial charge in [-0.25, -0.2) is 0 Å². The van der Waals surface area contributed by atoms with Crippen molar-refractivity contribution < 1.29 is 9.90 Å². The minimum Gasteiger partial charge on any atom is -0.395 e. The van der Waals surface area contributed by atoms with Crippen LogP contribution in [0.5, 0.6) is 0 Å². The summed E-state index contributed by atoms with van der Waals surface area (Å²) in [5.74, 6) is 0.731. The number of carbonyl (C=O) groups is 1. The molecular formula is C9H17NO2. The summed E-state index contributed by atoms with van der Waals surface area (Å²) in [7, 11) is 0. The number of aliphatic hydroxyl groups is 1. The lowest BCUT2D eigenvalue weighted by atomic mass is 9.91. The van der Waals surface area contributed by atoms with E-state index in [1.165, 1.54) is 0 Å². The van der Waals surface area contributed by atoms with Gasteiger partial charge in [0.05, 0.1) is 6.61 Å². The average molecular weight is 171 g/mol. The van der Waals surface area contributed by atoms with Gasteiger partial charge in [0.25, 0.3) is 0 Å². The number of piperidine rings is 1. The molecule has 2 atom stereocenters. The predicted octanol–water partition coefficient (Wildman–Crippen LogP) is 0.324. The van der Waals surface area contributed by atoms with Gasteiger partial charge in [-0.3, -0.25) is 4.79 Å². The van der Waals surface area contributed by atoms with Crippen molar-refractivity contribution in [3.05, 3.63) is 0 Å². The molecule has 2 N–H and O–H groups in total. The Balaban J connectivity index is 2.51. The third-order valence-electron chi connectivity index (χ3n) is 2.40. The first-order valence-electron chi connectivity index (χ1n) is 4.52. The van der Waals surface area contributed by atoms with E-state index >= 15 is 0 Å². The lowest BCUT2D eigenvalue weighted by molar-refractivity contribution is -0.122. The standard InChI is InChI=1S/C9H17NO2/c1-6(2)9-4-8(12)3-7(5-11)10-9/h6-7,9-11H,3-5H2,1-2H3. The summed E-state index contributed by atoms with van der Waals surface area (Å²) in [6, 6.07) is 0.238. The lowest BCUT2D eigenvalue weighted by Crippen LogP contribution is -2.49. The second-order valence-electron chi connectivity index (χ2n) is 3.84. The molecule has 1 rings (SSSR count). The molecule has 0 radical (unpaired) electrons. The van der Waals surface area contributed by atoms with E-state index < -0.39 is 0 Å². The molecule has 2 unspecified atom stereocenters. The lowest BCUT2D eigenvalue weighted by Gasteiger charge is -2.31. The van der Waals surface area contributed by atoms with Crippen molar-refractivity contribution in [1.29, 1.82) is 0 Å². The summed E-state index contributed by atoms with van der Waals surface area (Å²) in [5.41, 5.74) is 0. The van der Waals surface area contributed by atoms with Gasteiger partial charge in [-0.1, -0.05) is 13.8 Å². The van der Waals surface area contributed by atoms with Gasteiger partial charge in [-0.15, -0.1) is 0 Å². The fourth-order valence-electron chi connectivity index (χ4n) is 1.57. The highest BCUT2D eigenvalue weighted by Gasteiger charge is 2.27. The van der Waals surface area contributed by atoms with Gasteiger partial charge in [0.2, 0.25) is 0 Å². The molecule has 3 heteroatoms. The second kappa shape index (κ2) is 4.01. The second-order valence-corrected chi connectivity index (χ2v) is 3.84. The highest BCUT2D eigenvalue weighted by atomic mass is 16.3. The van der Waals surface area contributed by atoms with Crippen LogP contribution < -0.4 is 5.32 Å². The normalized spacial score (nSPS) is 31.2. The van der Waals surface area contributed by atoms with Crippen LogP contribution >= 0.6 is 0 Å². The Morgan fingerprint density at radius 1 is 1.58 bits per heavy atom. The number of hydrogen-bond acceptors (Lipinski definition) is 3. The Bertz CT molecular complexity index is 168. The van der Waals surface area contributed by atoms with E-state index in [-0.39, 0.29) is 24.5 Å². The molecule has 3 nitrogen and oxygen atoms in total. The summed E-state index contributed by atoms with van der Waals surface area (Å²) in [5, 5.41) is 12.2. The van der Waals surface area contributed by atoms with Gasteiger partial charge in [0, 0.05) is 24.9 Å². The molecule has 0 aliphatic carbocycles. The molecule has 1 aliphatic rings. The summed E-state index contributed by atoms with van der Waals surface area (Å²) >= 11 is 0. The van der Waals surface area contributed by atoms with Crippen molar-refractivity contribution in [2.75, 3.05) is 6.61 Å². The van der Waals surface area contributed by atoms with Crippen molar-refractivity contribution in [2.24, 2.45) is 5.92 Å². The molecular weight excluding hydrogens is 154 g/mol. The number of aliphatic hydroxyl groups excluding tert-OH is 1. The summed E-state index contributed by atoms with van der Waals surface area (Å²) in [6.07, 6.45) is 1.11. The molecule has 0 aromatic heterocycles. The highest BCUT2D eigenvalue weighted by Crippen LogP contribution is 2.15. The minimum atomic E-state index is -0.0151. The van der Waals surface area contributed by atoms with E-state index in [1.54, 1.807) is 0 Å². The van der Waals surface area contributed by atoms with Gasteiger partial charge in [-0.05, 0) is 5.92 Å². The fourth-order valence-corrected chi connectivity index (χ4v) is 1.57. The van der Waals surface area contributed by atoms with Crippen LogP contribution in [-0.4, -0.2) is 29.6 Å². The van der Waals surface area contributed by atoms with E-state index in [0.717, 1.165) is 0 Å². The van der Waals surface area contributed by atoms with Crippen LogP contribution in [0.25, 0.3) is 0 Å². The zero-order chi connectivity index (χ0) is 9.14. The number of Topliss-reactive ketones (excluding diaryl/α,β-unsaturated/α-hetero) is 1. The molecule has 1 saturated heterocycles. The molecule has 0 aromatic rings. The third kappa shape index (κ3) is 2.29. The molecule has 12 heavy (non-hydrogen) atoms. The van der Waals surface area contributed by atoms with Crippen LogP contribution in [0.4, 0.5) is 0 Å². The third-order valence-corrected chi connectivity index (χ3v) is 2.40.